The summed E-state index contributed by atoms with van der Waals surface area (Å²) in [6, 6.07) is 5.01. The van der Waals surface area contributed by atoms with Crippen molar-refractivity contribution in [1.29, 1.82) is 0 Å². The lowest BCUT2D eigenvalue weighted by Crippen LogP contribution is -2.07. The van der Waals surface area contributed by atoms with Gasteiger partial charge in [0.1, 0.15) is 6.61 Å². The van der Waals surface area contributed by atoms with E-state index < -0.39 is 0 Å². The molecule has 0 aliphatic carbocycles. The van der Waals surface area contributed by atoms with Gasteiger partial charge >= 0.3 is 11.9 Å². The van der Waals surface area contributed by atoms with Crippen LogP contribution >= 0.6 is 0 Å². The molecule has 4 heteroatoms. The van der Waals surface area contributed by atoms with Crippen molar-refractivity contribution in [3.8, 4) is 0 Å². The summed E-state index contributed by atoms with van der Waals surface area (Å²) in [5, 5.41) is 0. The molecule has 1 aromatic carbocycles. The summed E-state index contributed by atoms with van der Waals surface area (Å²) < 4.78 is 10.2. The van der Waals surface area contributed by atoms with Gasteiger partial charge in [-0.3, -0.25) is 0 Å². The molecule has 0 amide bonds. The summed E-state index contributed by atoms with van der Waals surface area (Å²) in [5.41, 5.74) is 1.72. The molecule has 120 valence electrons. The Kier molecular flexibility index (Phi) is 6.44. The first-order valence-corrected chi connectivity index (χ1v) is 8.19. The van der Waals surface area contributed by atoms with Gasteiger partial charge < -0.3 is 9.47 Å². The highest BCUT2D eigenvalue weighted by atomic mass is 16.5. The second-order valence-electron chi connectivity index (χ2n) is 5.71. The van der Waals surface area contributed by atoms with Crippen LogP contribution in [-0.4, -0.2) is 18.5 Å². The zero-order valence-electron chi connectivity index (χ0n) is 13.2. The number of cyclic esters (lactones) is 1. The number of carbonyl (C=O) groups excluding carboxylic acids is 2. The van der Waals surface area contributed by atoms with Crippen LogP contribution in [0.5, 0.6) is 0 Å². The number of hydrogen-bond acceptors (Lipinski definition) is 4. The van der Waals surface area contributed by atoms with Gasteiger partial charge in [0, 0.05) is 5.56 Å². The highest BCUT2D eigenvalue weighted by molar-refractivity contribution is 5.97. The fourth-order valence-electron chi connectivity index (χ4n) is 2.55. The fourth-order valence-corrected chi connectivity index (χ4v) is 2.55. The molecule has 0 N–H and O–H groups in total. The molecular weight excluding hydrogens is 280 g/mol. The first kappa shape index (κ1) is 16.5. The summed E-state index contributed by atoms with van der Waals surface area (Å²) >= 11 is 0. The van der Waals surface area contributed by atoms with E-state index in [0.29, 0.717) is 24.3 Å². The number of unbranched alkanes of at least 4 members (excludes halogenated alkanes) is 6. The van der Waals surface area contributed by atoms with Crippen LogP contribution in [0.2, 0.25) is 0 Å². The topological polar surface area (TPSA) is 52.6 Å². The molecule has 0 fully saturated rings. The second-order valence-corrected chi connectivity index (χ2v) is 5.71. The standard InChI is InChI=1S/C18H24O4/c1-2-3-4-5-6-7-8-11-21-17(19)14-9-10-15-13-22-18(20)16(15)12-14/h9-10,12H,2-8,11,13H2,1H3. The van der Waals surface area contributed by atoms with Crippen LogP contribution in [0.15, 0.2) is 18.2 Å². The number of hydrogen-bond donors (Lipinski definition) is 0. The van der Waals surface area contributed by atoms with Gasteiger partial charge in [-0.25, -0.2) is 9.59 Å². The highest BCUT2D eigenvalue weighted by Crippen LogP contribution is 2.21. The van der Waals surface area contributed by atoms with Crippen LogP contribution in [0.3, 0.4) is 0 Å². The Labute approximate surface area is 131 Å². The Morgan fingerprint density at radius 2 is 1.86 bits per heavy atom. The van der Waals surface area contributed by atoms with Crippen molar-refractivity contribution < 1.29 is 19.1 Å². The predicted octanol–water partition coefficient (Wildman–Crippen LogP) is 4.26. The maximum atomic E-state index is 12.0. The van der Waals surface area contributed by atoms with E-state index in [-0.39, 0.29) is 11.9 Å². The monoisotopic (exact) mass is 304 g/mol. The van der Waals surface area contributed by atoms with E-state index in [1.54, 1.807) is 18.2 Å². The second kappa shape index (κ2) is 8.57. The molecule has 0 atom stereocenters. The first-order valence-electron chi connectivity index (χ1n) is 8.19. The van der Waals surface area contributed by atoms with Crippen molar-refractivity contribution in [2.24, 2.45) is 0 Å². The van der Waals surface area contributed by atoms with Gasteiger partial charge in [-0.2, -0.15) is 0 Å². The number of fused-ring (bicyclic) bond motifs is 1. The summed E-state index contributed by atoms with van der Waals surface area (Å²) in [6.07, 6.45) is 8.29. The lowest BCUT2D eigenvalue weighted by atomic mass is 10.1. The molecule has 0 bridgehead atoms. The Morgan fingerprint density at radius 3 is 2.64 bits per heavy atom. The molecule has 0 saturated carbocycles. The Hall–Kier alpha value is -1.84. The number of ether oxygens (including phenoxy) is 2. The number of esters is 2. The molecule has 1 aromatic rings. The van der Waals surface area contributed by atoms with E-state index in [4.69, 9.17) is 9.47 Å². The van der Waals surface area contributed by atoms with Gasteiger partial charge in [0.25, 0.3) is 0 Å². The molecule has 0 saturated heterocycles. The zero-order chi connectivity index (χ0) is 15.8. The normalized spacial score (nSPS) is 12.9. The van der Waals surface area contributed by atoms with E-state index in [1.165, 1.54) is 32.1 Å². The summed E-state index contributed by atoms with van der Waals surface area (Å²) in [6.45, 7) is 2.94. The van der Waals surface area contributed by atoms with Crippen LogP contribution in [0.1, 0.15) is 78.1 Å². The molecule has 2 rings (SSSR count). The minimum atomic E-state index is -0.367. The van der Waals surface area contributed by atoms with Crippen LogP contribution < -0.4 is 0 Å². The third kappa shape index (κ3) is 4.58. The van der Waals surface area contributed by atoms with E-state index >= 15 is 0 Å². The smallest absolute Gasteiger partial charge is 0.338 e. The number of benzene rings is 1. The zero-order valence-corrected chi connectivity index (χ0v) is 13.2. The van der Waals surface area contributed by atoms with Gasteiger partial charge in [0.2, 0.25) is 0 Å². The van der Waals surface area contributed by atoms with Crippen molar-refractivity contribution >= 4 is 11.9 Å². The minimum absolute atomic E-state index is 0.293. The lowest BCUT2D eigenvalue weighted by molar-refractivity contribution is 0.0497. The van der Waals surface area contributed by atoms with Gasteiger partial charge in [-0.05, 0) is 18.6 Å². The molecule has 22 heavy (non-hydrogen) atoms. The summed E-state index contributed by atoms with van der Waals surface area (Å²) in [5.74, 6) is -0.731. The molecule has 4 nitrogen and oxygen atoms in total. The molecule has 1 aliphatic rings. The van der Waals surface area contributed by atoms with Gasteiger partial charge in [0.15, 0.2) is 0 Å². The van der Waals surface area contributed by atoms with E-state index in [0.717, 1.165) is 18.4 Å². The highest BCUT2D eigenvalue weighted by Gasteiger charge is 2.22. The molecule has 1 heterocycles. The van der Waals surface area contributed by atoms with Crippen molar-refractivity contribution in [1.82, 2.24) is 0 Å². The maximum absolute atomic E-state index is 12.0. The molecule has 1 aliphatic heterocycles. The Bertz CT molecular complexity index is 522. The lowest BCUT2D eigenvalue weighted by Gasteiger charge is -2.05. The van der Waals surface area contributed by atoms with Crippen LogP contribution in [0.25, 0.3) is 0 Å². The maximum Gasteiger partial charge on any atom is 0.338 e. The van der Waals surface area contributed by atoms with Gasteiger partial charge in [-0.1, -0.05) is 51.5 Å². The molecule has 0 unspecified atom stereocenters. The van der Waals surface area contributed by atoms with E-state index in [1.807, 2.05) is 0 Å². The van der Waals surface area contributed by atoms with E-state index in [9.17, 15) is 9.59 Å². The third-order valence-corrected chi connectivity index (χ3v) is 3.91. The minimum Gasteiger partial charge on any atom is -0.462 e. The number of rotatable bonds is 9. The average molecular weight is 304 g/mol. The van der Waals surface area contributed by atoms with Crippen LogP contribution in [0, 0.1) is 0 Å². The van der Waals surface area contributed by atoms with Crippen molar-refractivity contribution in [3.05, 3.63) is 34.9 Å². The molecule has 0 spiro atoms. The van der Waals surface area contributed by atoms with Crippen LogP contribution in [0.4, 0.5) is 0 Å². The Balaban J connectivity index is 1.68. The first-order chi connectivity index (χ1) is 10.7. The molecule has 0 aromatic heterocycles. The van der Waals surface area contributed by atoms with Crippen molar-refractivity contribution in [3.63, 3.8) is 0 Å². The van der Waals surface area contributed by atoms with Crippen LogP contribution in [-0.2, 0) is 16.1 Å². The summed E-state index contributed by atoms with van der Waals surface area (Å²) in [7, 11) is 0. The molecular formula is C18H24O4. The quantitative estimate of drug-likeness (QED) is 0.505. The largest absolute Gasteiger partial charge is 0.462 e. The fraction of sp³-hybridized carbons (Fsp3) is 0.556. The number of carbonyl (C=O) groups is 2. The Morgan fingerprint density at radius 1 is 1.14 bits per heavy atom. The average Bonchev–Trinajstić information content (AvgIpc) is 2.90. The SMILES string of the molecule is CCCCCCCCCOC(=O)c1ccc2c(c1)C(=O)OC2. The van der Waals surface area contributed by atoms with E-state index in [2.05, 4.69) is 6.92 Å². The third-order valence-electron chi connectivity index (χ3n) is 3.91. The predicted molar refractivity (Wildman–Crippen MR) is 83.8 cm³/mol. The molecule has 0 radical (unpaired) electrons. The van der Waals surface area contributed by atoms with Crippen molar-refractivity contribution in [2.45, 2.75) is 58.5 Å². The van der Waals surface area contributed by atoms with Gasteiger partial charge in [0.05, 0.1) is 17.7 Å². The van der Waals surface area contributed by atoms with Gasteiger partial charge in [-0.15, -0.1) is 0 Å². The summed E-state index contributed by atoms with van der Waals surface area (Å²) in [4.78, 5) is 23.4. The van der Waals surface area contributed by atoms with Crippen molar-refractivity contribution in [2.75, 3.05) is 6.61 Å².